The summed E-state index contributed by atoms with van der Waals surface area (Å²) in [5, 5.41) is 19.7. The van der Waals surface area contributed by atoms with E-state index in [0.29, 0.717) is 58.3 Å². The van der Waals surface area contributed by atoms with Crippen LogP contribution in [0.1, 0.15) is 36.6 Å². The molecule has 2 aromatic heterocycles. The van der Waals surface area contributed by atoms with Crippen molar-refractivity contribution in [2.45, 2.75) is 38.3 Å². The van der Waals surface area contributed by atoms with Crippen LogP contribution < -0.4 is 30.9 Å². The van der Waals surface area contributed by atoms with Crippen molar-refractivity contribution in [1.82, 2.24) is 30.1 Å². The lowest BCUT2D eigenvalue weighted by molar-refractivity contribution is -0.133. The summed E-state index contributed by atoms with van der Waals surface area (Å²) in [7, 11) is -0.927. The van der Waals surface area contributed by atoms with Crippen molar-refractivity contribution in [3.8, 4) is 16.2 Å². The van der Waals surface area contributed by atoms with Gasteiger partial charge in [-0.15, -0.1) is 11.3 Å². The van der Waals surface area contributed by atoms with E-state index >= 15 is 0 Å². The molecule has 4 heterocycles. The summed E-state index contributed by atoms with van der Waals surface area (Å²) < 4.78 is 18.7. The highest BCUT2D eigenvalue weighted by Gasteiger charge is 2.31. The molecule has 0 aliphatic carbocycles. The second-order valence-electron chi connectivity index (χ2n) is 15.1. The van der Waals surface area contributed by atoms with Gasteiger partial charge in [0.1, 0.15) is 17.9 Å². The van der Waals surface area contributed by atoms with Gasteiger partial charge < -0.3 is 40.2 Å². The standard InChI is InChI=1S/C42H49ClN9O5PS/c1-27-39(59-26-45-27)29-11-9-28(10-12-29)35(48-42(54)55)24-38(53)52-21-19-51(20-22-52)30-15-17-50(18-16-30)31-13-14-33(36(23-31)57-2)47-41-44-25-32(43)40(49-41)46-34-7-5-6-8-37(34)58(3,4)56/h5-14,23,25-26,30,35,48H,15-22,24H2,1-4H3,(H,54,55)(H2,44,46,47,49). The number of thiazole rings is 1. The van der Waals surface area contributed by atoms with Gasteiger partial charge in [-0.25, -0.2) is 14.8 Å². The fraction of sp³-hybridized carbons (Fsp3) is 0.357. The summed E-state index contributed by atoms with van der Waals surface area (Å²) in [6.07, 6.45) is 2.39. The van der Waals surface area contributed by atoms with Crippen LogP contribution in [0.5, 0.6) is 5.75 Å². The van der Waals surface area contributed by atoms with Crippen LogP contribution in [0.25, 0.3) is 10.4 Å². The molecule has 4 N–H and O–H groups in total. The Kier molecular flexibility index (Phi) is 13.1. The topological polar surface area (TPSA) is 165 Å². The molecule has 59 heavy (non-hydrogen) atoms. The number of carbonyl (C=O) groups excluding carboxylic acids is 1. The first-order valence-electron chi connectivity index (χ1n) is 19.5. The molecular formula is C42H49ClN9O5PS. The molecule has 2 aliphatic rings. The maximum absolute atomic E-state index is 13.5. The van der Waals surface area contributed by atoms with Crippen molar-refractivity contribution in [3.63, 3.8) is 0 Å². The van der Waals surface area contributed by atoms with Gasteiger partial charge in [0, 0.05) is 62.4 Å². The molecule has 0 radical (unpaired) electrons. The molecular weight excluding hydrogens is 809 g/mol. The number of hydrogen-bond acceptors (Lipinski definition) is 12. The largest absolute Gasteiger partial charge is 0.494 e. The predicted molar refractivity (Wildman–Crippen MR) is 236 cm³/mol. The molecule has 2 aliphatic heterocycles. The average molecular weight is 858 g/mol. The van der Waals surface area contributed by atoms with Crippen molar-refractivity contribution < 1.29 is 24.0 Å². The van der Waals surface area contributed by atoms with Crippen molar-refractivity contribution in [1.29, 1.82) is 0 Å². The Morgan fingerprint density at radius 1 is 0.966 bits per heavy atom. The molecule has 0 spiro atoms. The Labute approximate surface area is 353 Å². The molecule has 0 saturated carbocycles. The number of ether oxygens (including phenoxy) is 1. The molecule has 17 heteroatoms. The van der Waals surface area contributed by atoms with Gasteiger partial charge in [0.15, 0.2) is 5.82 Å². The van der Waals surface area contributed by atoms with Crippen molar-refractivity contribution in [2.75, 3.05) is 75.2 Å². The van der Waals surface area contributed by atoms with E-state index in [1.165, 1.54) is 6.20 Å². The zero-order chi connectivity index (χ0) is 41.7. The molecule has 1 unspecified atom stereocenters. The van der Waals surface area contributed by atoms with Gasteiger partial charge in [0.2, 0.25) is 11.9 Å². The second-order valence-corrected chi connectivity index (χ2v) is 19.6. The SMILES string of the molecule is COc1cc(N2CCC(N3CCN(C(=O)CC(NC(=O)O)c4ccc(-c5scnc5C)cc4)CC3)CC2)ccc1Nc1ncc(Cl)c(Nc2ccccc2P(C)(C)=O)n1. The Morgan fingerprint density at radius 3 is 2.36 bits per heavy atom. The summed E-state index contributed by atoms with van der Waals surface area (Å²) in [6, 6.07) is 20.9. The Hall–Kier alpha value is -5.21. The highest BCUT2D eigenvalue weighted by Crippen LogP contribution is 2.39. The van der Waals surface area contributed by atoms with E-state index in [2.05, 4.69) is 46.8 Å². The number of amides is 2. The number of rotatable bonds is 13. The smallest absolute Gasteiger partial charge is 0.405 e. The number of carbonyl (C=O) groups is 2. The summed E-state index contributed by atoms with van der Waals surface area (Å²) in [4.78, 5) is 46.3. The molecule has 0 bridgehead atoms. The maximum atomic E-state index is 13.5. The maximum Gasteiger partial charge on any atom is 0.405 e. The zero-order valence-electron chi connectivity index (χ0n) is 33.5. The van der Waals surface area contributed by atoms with E-state index < -0.39 is 19.3 Å². The number of para-hydroxylation sites is 1. The zero-order valence-corrected chi connectivity index (χ0v) is 36.0. The third-order valence-corrected chi connectivity index (χ3v) is 13.7. The minimum absolute atomic E-state index is 0.0565. The van der Waals surface area contributed by atoms with E-state index in [1.807, 2.05) is 78.0 Å². The van der Waals surface area contributed by atoms with Crippen LogP contribution in [0, 0.1) is 6.92 Å². The number of carboxylic acid groups (broad SMARTS) is 1. The molecule has 5 aromatic rings. The number of nitrogens with zero attached hydrogens (tertiary/aromatic N) is 6. The van der Waals surface area contributed by atoms with Crippen molar-refractivity contribution in [3.05, 3.63) is 94.7 Å². The van der Waals surface area contributed by atoms with Crippen LogP contribution in [0.4, 0.5) is 33.6 Å². The van der Waals surface area contributed by atoms with E-state index in [0.717, 1.165) is 66.4 Å². The number of aromatic nitrogens is 3. The molecule has 2 fully saturated rings. The number of benzene rings is 3. The van der Waals surface area contributed by atoms with Crippen LogP contribution in [0.3, 0.4) is 0 Å². The summed E-state index contributed by atoms with van der Waals surface area (Å²) in [5.41, 5.74) is 6.95. The third kappa shape index (κ3) is 10.2. The van der Waals surface area contributed by atoms with Crippen LogP contribution in [-0.2, 0) is 9.36 Å². The number of piperidine rings is 1. The normalized spacial score (nSPS) is 15.7. The fourth-order valence-electron chi connectivity index (χ4n) is 7.77. The van der Waals surface area contributed by atoms with E-state index in [9.17, 15) is 19.3 Å². The number of nitrogens with one attached hydrogen (secondary N) is 3. The number of anilines is 5. The number of halogens is 1. The van der Waals surface area contributed by atoms with Gasteiger partial charge in [-0.05, 0) is 68.5 Å². The minimum atomic E-state index is -2.56. The van der Waals surface area contributed by atoms with Gasteiger partial charge in [-0.2, -0.15) is 4.98 Å². The molecule has 2 amide bonds. The number of hydrogen-bond donors (Lipinski definition) is 4. The quantitative estimate of drug-likeness (QED) is 0.0851. The Morgan fingerprint density at radius 2 is 1.69 bits per heavy atom. The summed E-state index contributed by atoms with van der Waals surface area (Å²) >= 11 is 8.04. The number of piperazine rings is 1. The van der Waals surface area contributed by atoms with Gasteiger partial charge >= 0.3 is 6.09 Å². The fourth-order valence-corrected chi connectivity index (χ4v) is 9.87. The first-order valence-corrected chi connectivity index (χ1v) is 23.4. The predicted octanol–water partition coefficient (Wildman–Crippen LogP) is 7.82. The van der Waals surface area contributed by atoms with Gasteiger partial charge in [0.25, 0.3) is 0 Å². The highest BCUT2D eigenvalue weighted by molar-refractivity contribution is 7.70. The summed E-state index contributed by atoms with van der Waals surface area (Å²) in [5.74, 6) is 1.30. The van der Waals surface area contributed by atoms with Crippen LogP contribution in [0.2, 0.25) is 5.02 Å². The molecule has 14 nitrogen and oxygen atoms in total. The third-order valence-electron chi connectivity index (χ3n) is 10.9. The second kappa shape index (κ2) is 18.4. The Balaban J connectivity index is 0.913. The van der Waals surface area contributed by atoms with Crippen LogP contribution >= 0.6 is 30.1 Å². The summed E-state index contributed by atoms with van der Waals surface area (Å²) in [6.45, 7) is 9.94. The number of methoxy groups -OCH3 is 1. The lowest BCUT2D eigenvalue weighted by Gasteiger charge is -2.43. The van der Waals surface area contributed by atoms with E-state index in [1.54, 1.807) is 31.8 Å². The molecule has 3 aromatic carbocycles. The monoisotopic (exact) mass is 857 g/mol. The average Bonchev–Trinajstić information content (AvgIpc) is 3.67. The van der Waals surface area contributed by atoms with Crippen LogP contribution in [0.15, 0.2) is 78.4 Å². The minimum Gasteiger partial charge on any atom is -0.494 e. The van der Waals surface area contributed by atoms with E-state index in [-0.39, 0.29) is 12.3 Å². The van der Waals surface area contributed by atoms with Gasteiger partial charge in [-0.1, -0.05) is 48.0 Å². The molecule has 310 valence electrons. The first kappa shape index (κ1) is 41.9. The van der Waals surface area contributed by atoms with E-state index in [4.69, 9.17) is 16.3 Å². The lowest BCUT2D eigenvalue weighted by atomic mass is 10.00. The first-order chi connectivity index (χ1) is 28.4. The molecule has 1 atom stereocenters. The van der Waals surface area contributed by atoms with Gasteiger partial charge in [-0.3, -0.25) is 9.69 Å². The number of aryl methyl sites for hydroxylation is 1. The van der Waals surface area contributed by atoms with Crippen molar-refractivity contribution >= 4 is 76.2 Å². The molecule has 7 rings (SSSR count). The Bertz CT molecular complexity index is 2330. The van der Waals surface area contributed by atoms with Crippen molar-refractivity contribution in [2.24, 2.45) is 0 Å². The lowest BCUT2D eigenvalue weighted by Crippen LogP contribution is -2.54. The highest BCUT2D eigenvalue weighted by atomic mass is 35.5. The van der Waals surface area contributed by atoms with Gasteiger partial charge in [0.05, 0.1) is 53.2 Å². The molecule has 2 saturated heterocycles. The van der Waals surface area contributed by atoms with Crippen LogP contribution in [-0.4, -0.2) is 108 Å².